The third-order valence-electron chi connectivity index (χ3n) is 4.66. The molecule has 2 atom stereocenters. The summed E-state index contributed by atoms with van der Waals surface area (Å²) in [5.74, 6) is 5.88. The Labute approximate surface area is 179 Å². The molecule has 2 aliphatic heterocycles. The largest absolute Gasteiger partial charge is 0.382 e. The number of nitrogens with one attached hydrogen (secondary N) is 1. The third-order valence-corrected chi connectivity index (χ3v) is 5.40. The van der Waals surface area contributed by atoms with Crippen LogP contribution in [-0.2, 0) is 9.63 Å². The average Bonchev–Trinajstić information content (AvgIpc) is 3.14. The van der Waals surface area contributed by atoms with Crippen molar-refractivity contribution in [3.8, 4) is 11.8 Å². The molecule has 0 bridgehead atoms. The number of amides is 3. The van der Waals surface area contributed by atoms with Gasteiger partial charge in [0.05, 0.1) is 21.8 Å². The van der Waals surface area contributed by atoms with Crippen LogP contribution in [0.15, 0.2) is 23.4 Å². The first-order valence-corrected chi connectivity index (χ1v) is 10.1. The van der Waals surface area contributed by atoms with Crippen LogP contribution in [-0.4, -0.2) is 65.8 Å². The van der Waals surface area contributed by atoms with E-state index in [1.54, 1.807) is 28.0 Å². The van der Waals surface area contributed by atoms with E-state index in [0.29, 0.717) is 42.6 Å². The van der Waals surface area contributed by atoms with Gasteiger partial charge in [0, 0.05) is 38.2 Å². The highest BCUT2D eigenvalue weighted by molar-refractivity contribution is 6.42. The number of carbonyl (C=O) groups is 2. The Morgan fingerprint density at radius 3 is 2.52 bits per heavy atom. The minimum atomic E-state index is -0.535. The third kappa shape index (κ3) is 5.55. The van der Waals surface area contributed by atoms with Gasteiger partial charge in [-0.15, -0.1) is 0 Å². The van der Waals surface area contributed by atoms with Crippen molar-refractivity contribution in [3.05, 3.63) is 33.8 Å². The second kappa shape index (κ2) is 9.38. The maximum Gasteiger partial charge on any atom is 0.318 e. The molecule has 3 rings (SSSR count). The SMILES string of the molecule is CC1=NOC(C(=O)N2CCN(C(=O)NC(C)C#Cc3ccc(Cl)c(Cl)c3)CC2)C1. The molecule has 154 valence electrons. The number of benzene rings is 1. The van der Waals surface area contributed by atoms with Gasteiger partial charge in [-0.1, -0.05) is 40.2 Å². The molecule has 0 spiro atoms. The summed E-state index contributed by atoms with van der Waals surface area (Å²) < 4.78 is 0. The lowest BCUT2D eigenvalue weighted by Gasteiger charge is -2.35. The fraction of sp³-hybridized carbons (Fsp3) is 0.450. The summed E-state index contributed by atoms with van der Waals surface area (Å²) in [5.41, 5.74) is 1.54. The number of nitrogens with zero attached hydrogens (tertiary/aromatic N) is 3. The topological polar surface area (TPSA) is 74.2 Å². The fourth-order valence-corrected chi connectivity index (χ4v) is 3.34. The van der Waals surface area contributed by atoms with Crippen LogP contribution in [0.4, 0.5) is 4.79 Å². The second-order valence-corrected chi connectivity index (χ2v) is 7.82. The number of halogens is 2. The minimum Gasteiger partial charge on any atom is -0.382 e. The van der Waals surface area contributed by atoms with E-state index in [9.17, 15) is 9.59 Å². The van der Waals surface area contributed by atoms with E-state index in [1.807, 2.05) is 13.8 Å². The lowest BCUT2D eigenvalue weighted by molar-refractivity contribution is -0.143. The molecule has 9 heteroatoms. The van der Waals surface area contributed by atoms with Crippen LogP contribution in [0.25, 0.3) is 0 Å². The van der Waals surface area contributed by atoms with Gasteiger partial charge in [-0.05, 0) is 32.0 Å². The molecular weight excluding hydrogens is 415 g/mol. The van der Waals surface area contributed by atoms with E-state index in [0.717, 1.165) is 11.3 Å². The van der Waals surface area contributed by atoms with E-state index < -0.39 is 6.10 Å². The molecule has 1 aromatic carbocycles. The standard InChI is InChI=1S/C20H22Cl2N4O3/c1-13(3-4-15-5-6-16(21)17(22)12-15)23-20(28)26-9-7-25(8-10-26)19(27)18-11-14(2)24-29-18/h5-6,12-13,18H,7-11H2,1-2H3,(H,23,28). The first-order chi connectivity index (χ1) is 13.8. The summed E-state index contributed by atoms with van der Waals surface area (Å²) in [7, 11) is 0. The molecule has 0 radical (unpaired) electrons. The number of urea groups is 1. The van der Waals surface area contributed by atoms with E-state index in [4.69, 9.17) is 28.0 Å². The molecular formula is C20H22Cl2N4O3. The first kappa shape index (κ1) is 21.3. The minimum absolute atomic E-state index is 0.0773. The molecule has 1 N–H and O–H groups in total. The van der Waals surface area contributed by atoms with Crippen molar-refractivity contribution < 1.29 is 14.4 Å². The highest BCUT2D eigenvalue weighted by Gasteiger charge is 2.33. The Bertz CT molecular complexity index is 885. The molecule has 29 heavy (non-hydrogen) atoms. The average molecular weight is 437 g/mol. The van der Waals surface area contributed by atoms with Gasteiger partial charge in [0.25, 0.3) is 5.91 Å². The summed E-state index contributed by atoms with van der Waals surface area (Å²) in [6, 6.07) is 4.59. The van der Waals surface area contributed by atoms with Gasteiger partial charge in [0.1, 0.15) is 0 Å². The maximum absolute atomic E-state index is 12.5. The Morgan fingerprint density at radius 2 is 1.90 bits per heavy atom. The summed E-state index contributed by atoms with van der Waals surface area (Å²) in [4.78, 5) is 33.4. The zero-order chi connectivity index (χ0) is 21.0. The van der Waals surface area contributed by atoms with Crippen LogP contribution >= 0.6 is 23.2 Å². The molecule has 1 fully saturated rings. The molecule has 0 aromatic heterocycles. The molecule has 0 saturated carbocycles. The molecule has 2 unspecified atom stereocenters. The molecule has 3 amide bonds. The van der Waals surface area contributed by atoms with Crippen LogP contribution < -0.4 is 5.32 Å². The predicted molar refractivity (Wildman–Crippen MR) is 112 cm³/mol. The van der Waals surface area contributed by atoms with E-state index in [2.05, 4.69) is 22.3 Å². The number of piperazine rings is 1. The van der Waals surface area contributed by atoms with Crippen molar-refractivity contribution >= 4 is 40.9 Å². The van der Waals surface area contributed by atoms with E-state index in [-0.39, 0.29) is 18.0 Å². The van der Waals surface area contributed by atoms with Gasteiger partial charge >= 0.3 is 6.03 Å². The van der Waals surface area contributed by atoms with Crippen molar-refractivity contribution in [1.82, 2.24) is 15.1 Å². The molecule has 1 saturated heterocycles. The van der Waals surface area contributed by atoms with Crippen LogP contribution in [0, 0.1) is 11.8 Å². The summed E-state index contributed by atoms with van der Waals surface area (Å²) in [6.45, 7) is 5.49. The summed E-state index contributed by atoms with van der Waals surface area (Å²) >= 11 is 11.9. The van der Waals surface area contributed by atoms with Crippen molar-refractivity contribution in [2.75, 3.05) is 26.2 Å². The van der Waals surface area contributed by atoms with Gasteiger partial charge in [0.2, 0.25) is 6.10 Å². The van der Waals surface area contributed by atoms with Crippen LogP contribution in [0.1, 0.15) is 25.8 Å². The molecule has 2 aliphatic rings. The molecule has 1 aromatic rings. The first-order valence-electron chi connectivity index (χ1n) is 9.33. The Balaban J connectivity index is 1.46. The van der Waals surface area contributed by atoms with Gasteiger partial charge < -0.3 is 20.0 Å². The lowest BCUT2D eigenvalue weighted by Crippen LogP contribution is -2.55. The van der Waals surface area contributed by atoms with Crippen molar-refractivity contribution in [1.29, 1.82) is 0 Å². The Morgan fingerprint density at radius 1 is 1.21 bits per heavy atom. The number of rotatable bonds is 2. The zero-order valence-electron chi connectivity index (χ0n) is 16.2. The molecule has 2 heterocycles. The van der Waals surface area contributed by atoms with Crippen LogP contribution in [0.2, 0.25) is 10.0 Å². The summed E-state index contributed by atoms with van der Waals surface area (Å²) in [5, 5.41) is 7.59. The quantitative estimate of drug-likeness (QED) is 0.724. The number of hydrogen-bond donors (Lipinski definition) is 1. The van der Waals surface area contributed by atoms with Crippen molar-refractivity contribution in [2.24, 2.45) is 5.16 Å². The van der Waals surface area contributed by atoms with Crippen molar-refractivity contribution in [3.63, 3.8) is 0 Å². The number of hydrogen-bond acceptors (Lipinski definition) is 4. The lowest BCUT2D eigenvalue weighted by atomic mass is 10.1. The van der Waals surface area contributed by atoms with Gasteiger partial charge in [-0.25, -0.2) is 4.79 Å². The number of oxime groups is 1. The van der Waals surface area contributed by atoms with Crippen molar-refractivity contribution in [2.45, 2.75) is 32.4 Å². The van der Waals surface area contributed by atoms with Gasteiger partial charge in [0.15, 0.2) is 0 Å². The normalized spacial score (nSPS) is 19.6. The monoisotopic (exact) mass is 436 g/mol. The predicted octanol–water partition coefficient (Wildman–Crippen LogP) is 2.75. The highest BCUT2D eigenvalue weighted by atomic mass is 35.5. The van der Waals surface area contributed by atoms with E-state index >= 15 is 0 Å². The second-order valence-electron chi connectivity index (χ2n) is 7.01. The van der Waals surface area contributed by atoms with Crippen LogP contribution in [0.5, 0.6) is 0 Å². The van der Waals surface area contributed by atoms with Gasteiger partial charge in [-0.2, -0.15) is 0 Å². The maximum atomic E-state index is 12.5. The smallest absolute Gasteiger partial charge is 0.318 e. The molecule has 7 nitrogen and oxygen atoms in total. The highest BCUT2D eigenvalue weighted by Crippen LogP contribution is 2.22. The fourth-order valence-electron chi connectivity index (χ4n) is 3.04. The Kier molecular flexibility index (Phi) is 6.88. The van der Waals surface area contributed by atoms with Gasteiger partial charge in [-0.3, -0.25) is 4.79 Å². The molecule has 0 aliphatic carbocycles. The Hall–Kier alpha value is -2.43. The zero-order valence-corrected chi connectivity index (χ0v) is 17.8. The van der Waals surface area contributed by atoms with E-state index in [1.165, 1.54) is 0 Å². The summed E-state index contributed by atoms with van der Waals surface area (Å²) in [6.07, 6.45) is -0.0128. The number of carbonyl (C=O) groups excluding carboxylic acids is 2. The van der Waals surface area contributed by atoms with Crippen LogP contribution in [0.3, 0.4) is 0 Å².